The van der Waals surface area contributed by atoms with Crippen LogP contribution in [0, 0.1) is 6.92 Å². The van der Waals surface area contributed by atoms with Crippen molar-refractivity contribution in [3.8, 4) is 0 Å². The Morgan fingerprint density at radius 2 is 1.71 bits per heavy atom. The molecule has 0 bridgehead atoms. The van der Waals surface area contributed by atoms with E-state index in [4.69, 9.17) is 0 Å². The van der Waals surface area contributed by atoms with E-state index in [2.05, 4.69) is 37.8 Å². The Labute approximate surface area is 125 Å². The van der Waals surface area contributed by atoms with Gasteiger partial charge in [0.15, 0.2) is 0 Å². The summed E-state index contributed by atoms with van der Waals surface area (Å²) in [5.74, 6) is 0. The minimum Gasteiger partial charge on any atom is -0.292 e. The molecule has 2 aromatic carbocycles. The minimum atomic E-state index is -0.00762. The second-order valence-electron chi connectivity index (χ2n) is 5.34. The van der Waals surface area contributed by atoms with E-state index in [9.17, 15) is 4.79 Å². The number of carbonyl (C=O) groups excluding carboxylic acids is 1. The molecule has 0 radical (unpaired) electrons. The summed E-state index contributed by atoms with van der Waals surface area (Å²) in [4.78, 5) is 16.1. The number of nitrogens with zero attached hydrogens (tertiary/aromatic N) is 2. The highest BCUT2D eigenvalue weighted by molar-refractivity contribution is 5.96. The zero-order chi connectivity index (χ0) is 14.8. The van der Waals surface area contributed by atoms with E-state index in [1.165, 1.54) is 5.56 Å². The average molecular weight is 278 g/mol. The minimum absolute atomic E-state index is 0.00762. The zero-order valence-electron chi connectivity index (χ0n) is 12.1. The van der Waals surface area contributed by atoms with Gasteiger partial charge in [-0.15, -0.1) is 0 Å². The number of hydrogen-bond acceptors (Lipinski definition) is 1. The number of urea groups is 1. The molecular weight excluding hydrogens is 260 g/mol. The molecule has 2 aromatic rings. The zero-order valence-corrected chi connectivity index (χ0v) is 12.1. The molecule has 0 unspecified atom stereocenters. The van der Waals surface area contributed by atoms with Crippen LogP contribution in [0.5, 0.6) is 0 Å². The van der Waals surface area contributed by atoms with E-state index in [1.807, 2.05) is 30.3 Å². The lowest BCUT2D eigenvalue weighted by atomic mass is 10.1. The molecule has 1 heterocycles. The van der Waals surface area contributed by atoms with Gasteiger partial charge in [-0.2, -0.15) is 0 Å². The largest absolute Gasteiger partial charge is 0.329 e. The van der Waals surface area contributed by atoms with Crippen molar-refractivity contribution in [2.75, 3.05) is 11.4 Å². The molecule has 3 rings (SSSR count). The van der Waals surface area contributed by atoms with Crippen LogP contribution < -0.4 is 4.90 Å². The molecular formula is C18H18N2O. The Morgan fingerprint density at radius 3 is 2.38 bits per heavy atom. The van der Waals surface area contributed by atoms with Crippen LogP contribution in [0.4, 0.5) is 10.5 Å². The first-order valence-corrected chi connectivity index (χ1v) is 7.02. The molecule has 0 N–H and O–H groups in total. The fraction of sp³-hybridized carbons (Fsp3) is 0.167. The maximum absolute atomic E-state index is 12.6. The number of anilines is 1. The Hall–Kier alpha value is -2.55. The number of benzene rings is 2. The summed E-state index contributed by atoms with van der Waals surface area (Å²) >= 11 is 0. The summed E-state index contributed by atoms with van der Waals surface area (Å²) < 4.78 is 0. The predicted octanol–water partition coefficient (Wildman–Crippen LogP) is 3.95. The lowest BCUT2D eigenvalue weighted by Gasteiger charge is -2.18. The Bertz CT molecular complexity index is 661. The van der Waals surface area contributed by atoms with Crippen LogP contribution in [0.25, 0.3) is 0 Å². The molecule has 0 atom stereocenters. The third-order valence-electron chi connectivity index (χ3n) is 3.71. The highest BCUT2D eigenvalue weighted by atomic mass is 16.2. The molecule has 1 aliphatic rings. The average Bonchev–Trinajstić information content (AvgIpc) is 2.78. The van der Waals surface area contributed by atoms with Crippen LogP contribution in [-0.4, -0.2) is 17.5 Å². The van der Waals surface area contributed by atoms with Crippen molar-refractivity contribution in [3.63, 3.8) is 0 Å². The summed E-state index contributed by atoms with van der Waals surface area (Å²) in [7, 11) is 0. The molecule has 0 saturated carbocycles. The van der Waals surface area contributed by atoms with E-state index in [0.29, 0.717) is 13.1 Å². The van der Waals surface area contributed by atoms with Crippen LogP contribution in [0.1, 0.15) is 11.1 Å². The summed E-state index contributed by atoms with van der Waals surface area (Å²) in [6.07, 6.45) is 0. The quantitative estimate of drug-likeness (QED) is 0.834. The molecule has 2 amide bonds. The van der Waals surface area contributed by atoms with Gasteiger partial charge in [0.1, 0.15) is 0 Å². The van der Waals surface area contributed by atoms with E-state index in [-0.39, 0.29) is 6.03 Å². The molecule has 0 spiro atoms. The third kappa shape index (κ3) is 2.68. The van der Waals surface area contributed by atoms with Crippen LogP contribution in [-0.2, 0) is 6.54 Å². The fourth-order valence-electron chi connectivity index (χ4n) is 2.48. The highest BCUT2D eigenvalue weighted by Crippen LogP contribution is 2.26. The van der Waals surface area contributed by atoms with E-state index in [0.717, 1.165) is 16.9 Å². The van der Waals surface area contributed by atoms with Crippen LogP contribution in [0.3, 0.4) is 0 Å². The number of amides is 2. The smallest absolute Gasteiger partial charge is 0.292 e. The maximum atomic E-state index is 12.6. The van der Waals surface area contributed by atoms with Gasteiger partial charge in [-0.1, -0.05) is 54.6 Å². The van der Waals surface area contributed by atoms with Crippen LogP contribution in [0.15, 0.2) is 66.9 Å². The van der Waals surface area contributed by atoms with Crippen molar-refractivity contribution in [3.05, 3.63) is 78.0 Å². The number of carbonyl (C=O) groups is 1. The fourth-order valence-corrected chi connectivity index (χ4v) is 2.48. The number of para-hydroxylation sites is 1. The molecule has 1 fully saturated rings. The topological polar surface area (TPSA) is 23.6 Å². The summed E-state index contributed by atoms with van der Waals surface area (Å²) in [5, 5.41) is 0. The standard InChI is InChI=1S/C18H18N2O/c1-14-8-10-16(11-9-14)13-19-15(2)12-20(18(19)21)17-6-4-3-5-7-17/h3-11H,2,12-13H2,1H3. The van der Waals surface area contributed by atoms with Gasteiger partial charge >= 0.3 is 6.03 Å². The van der Waals surface area contributed by atoms with E-state index < -0.39 is 0 Å². The lowest BCUT2D eigenvalue weighted by Crippen LogP contribution is -2.31. The monoisotopic (exact) mass is 278 g/mol. The van der Waals surface area contributed by atoms with E-state index in [1.54, 1.807) is 9.80 Å². The molecule has 106 valence electrons. The van der Waals surface area contributed by atoms with Crippen molar-refractivity contribution in [2.24, 2.45) is 0 Å². The molecule has 1 saturated heterocycles. The Balaban J connectivity index is 1.79. The molecule has 0 aliphatic carbocycles. The first-order chi connectivity index (χ1) is 10.1. The van der Waals surface area contributed by atoms with Gasteiger partial charge in [-0.3, -0.25) is 9.80 Å². The van der Waals surface area contributed by atoms with Gasteiger partial charge in [-0.25, -0.2) is 4.79 Å². The van der Waals surface area contributed by atoms with Crippen molar-refractivity contribution in [2.45, 2.75) is 13.5 Å². The molecule has 1 aliphatic heterocycles. The van der Waals surface area contributed by atoms with Crippen LogP contribution >= 0.6 is 0 Å². The molecule has 0 aromatic heterocycles. The predicted molar refractivity (Wildman–Crippen MR) is 85.0 cm³/mol. The SMILES string of the molecule is C=C1CN(c2ccccc2)C(=O)N1Cc1ccc(C)cc1. The van der Waals surface area contributed by atoms with Crippen LogP contribution in [0.2, 0.25) is 0 Å². The lowest BCUT2D eigenvalue weighted by molar-refractivity contribution is 0.225. The van der Waals surface area contributed by atoms with Gasteiger partial charge in [0, 0.05) is 11.4 Å². The number of rotatable bonds is 3. The highest BCUT2D eigenvalue weighted by Gasteiger charge is 2.32. The Kier molecular flexibility index (Phi) is 3.48. The first-order valence-electron chi connectivity index (χ1n) is 7.02. The van der Waals surface area contributed by atoms with Gasteiger partial charge in [0.05, 0.1) is 13.1 Å². The number of aryl methyl sites for hydroxylation is 1. The van der Waals surface area contributed by atoms with Crippen molar-refractivity contribution >= 4 is 11.7 Å². The summed E-state index contributed by atoms with van der Waals surface area (Å²) in [6.45, 7) is 7.22. The van der Waals surface area contributed by atoms with Crippen molar-refractivity contribution in [1.29, 1.82) is 0 Å². The molecule has 3 nitrogen and oxygen atoms in total. The van der Waals surface area contributed by atoms with Gasteiger partial charge < -0.3 is 0 Å². The summed E-state index contributed by atoms with van der Waals surface area (Å²) in [5.41, 5.74) is 4.08. The van der Waals surface area contributed by atoms with Gasteiger partial charge in [-0.05, 0) is 24.6 Å². The number of hydrogen-bond donors (Lipinski definition) is 0. The van der Waals surface area contributed by atoms with E-state index >= 15 is 0 Å². The third-order valence-corrected chi connectivity index (χ3v) is 3.71. The van der Waals surface area contributed by atoms with Crippen molar-refractivity contribution in [1.82, 2.24) is 4.90 Å². The first kappa shape index (κ1) is 13.4. The summed E-state index contributed by atoms with van der Waals surface area (Å²) in [6, 6.07) is 17.9. The second kappa shape index (κ2) is 5.44. The second-order valence-corrected chi connectivity index (χ2v) is 5.34. The maximum Gasteiger partial charge on any atom is 0.329 e. The normalized spacial score (nSPS) is 14.9. The van der Waals surface area contributed by atoms with Crippen molar-refractivity contribution < 1.29 is 4.79 Å². The van der Waals surface area contributed by atoms with Gasteiger partial charge in [0.25, 0.3) is 0 Å². The molecule has 21 heavy (non-hydrogen) atoms. The molecule has 3 heteroatoms. The van der Waals surface area contributed by atoms with Gasteiger partial charge in [0.2, 0.25) is 0 Å². The Morgan fingerprint density at radius 1 is 1.05 bits per heavy atom.